The van der Waals surface area contributed by atoms with Crippen LogP contribution < -0.4 is 10.2 Å². The van der Waals surface area contributed by atoms with E-state index in [2.05, 4.69) is 53.7 Å². The number of amides is 1. The van der Waals surface area contributed by atoms with Crippen LogP contribution in [-0.4, -0.2) is 48.2 Å². The number of imidazole rings is 1. The number of ether oxygens (including phenoxy) is 1. The fraction of sp³-hybridized carbons (Fsp3) is 0.565. The fourth-order valence-electron chi connectivity index (χ4n) is 3.54. The summed E-state index contributed by atoms with van der Waals surface area (Å²) in [6.07, 6.45) is 5.44. The zero-order valence-corrected chi connectivity index (χ0v) is 20.8. The number of piperidine rings is 1. The Balaban J connectivity index is 1.72. The lowest BCUT2D eigenvalue weighted by atomic mass is 9.83. The van der Waals surface area contributed by atoms with Crippen molar-refractivity contribution in [2.24, 2.45) is 5.41 Å². The van der Waals surface area contributed by atoms with Crippen LogP contribution in [0.25, 0.3) is 0 Å². The lowest BCUT2D eigenvalue weighted by molar-refractivity contribution is 0.0808. The van der Waals surface area contributed by atoms with Crippen molar-refractivity contribution in [3.8, 4) is 6.07 Å². The predicted octanol–water partition coefficient (Wildman–Crippen LogP) is 4.34. The summed E-state index contributed by atoms with van der Waals surface area (Å²) in [6.45, 7) is 14.0. The highest BCUT2D eigenvalue weighted by atomic mass is 28.3. The summed E-state index contributed by atoms with van der Waals surface area (Å²) in [7, 11) is -1.21. The first-order chi connectivity index (χ1) is 15.1. The van der Waals surface area contributed by atoms with Crippen LogP contribution in [0.4, 0.5) is 11.5 Å². The number of rotatable bonds is 8. The summed E-state index contributed by atoms with van der Waals surface area (Å²) in [5, 5.41) is 12.2. The molecule has 1 saturated heterocycles. The van der Waals surface area contributed by atoms with Crippen LogP contribution in [0.1, 0.15) is 43.0 Å². The van der Waals surface area contributed by atoms with Crippen molar-refractivity contribution in [2.75, 3.05) is 29.9 Å². The number of anilines is 2. The minimum absolute atomic E-state index is 0.157. The van der Waals surface area contributed by atoms with Gasteiger partial charge in [-0.3, -0.25) is 4.79 Å². The van der Waals surface area contributed by atoms with Crippen LogP contribution in [0, 0.1) is 16.7 Å². The molecule has 1 aliphatic heterocycles. The first-order valence-corrected chi connectivity index (χ1v) is 14.8. The van der Waals surface area contributed by atoms with E-state index in [-0.39, 0.29) is 24.2 Å². The van der Waals surface area contributed by atoms with Crippen LogP contribution in [-0.2, 0) is 11.5 Å². The summed E-state index contributed by atoms with van der Waals surface area (Å²) in [6, 6.07) is 6.69. The number of pyridine rings is 1. The van der Waals surface area contributed by atoms with Gasteiger partial charge in [0, 0.05) is 40.2 Å². The Kier molecular flexibility index (Phi) is 7.36. The minimum atomic E-state index is -1.21. The number of aromatic nitrogens is 3. The molecule has 0 aromatic carbocycles. The third kappa shape index (κ3) is 6.40. The number of hydrogen-bond donors (Lipinski definition) is 1. The van der Waals surface area contributed by atoms with E-state index in [4.69, 9.17) is 4.74 Å². The van der Waals surface area contributed by atoms with E-state index in [1.54, 1.807) is 23.0 Å². The smallest absolute Gasteiger partial charge is 0.291 e. The number of nitriles is 1. The highest BCUT2D eigenvalue weighted by Crippen LogP contribution is 2.34. The Morgan fingerprint density at radius 2 is 2.03 bits per heavy atom. The minimum Gasteiger partial charge on any atom is -0.361 e. The standard InChI is InChI=1S/C23H34N6O2Si/c1-23(2)8-11-28(12-9-23)20-19(7-6-10-25-20)27-22(30)21-26-18(15-24)16-29(21)17-31-13-14-32(3,4)5/h6-7,10,16H,8-9,11-14,17H2,1-5H3,(H,27,30). The zero-order valence-electron chi connectivity index (χ0n) is 19.8. The molecule has 1 N–H and O–H groups in total. The molecular weight excluding hydrogens is 420 g/mol. The Morgan fingerprint density at radius 3 is 2.69 bits per heavy atom. The number of carbonyl (C=O) groups excluding carboxylic acids is 1. The second-order valence-electron chi connectivity index (χ2n) is 10.4. The normalized spacial score (nSPS) is 15.9. The van der Waals surface area contributed by atoms with Gasteiger partial charge < -0.3 is 19.5 Å². The molecule has 1 fully saturated rings. The molecule has 0 saturated carbocycles. The molecule has 3 heterocycles. The molecule has 0 radical (unpaired) electrons. The topological polar surface area (TPSA) is 96.1 Å². The lowest BCUT2D eigenvalue weighted by Crippen LogP contribution is -2.38. The van der Waals surface area contributed by atoms with Crippen molar-refractivity contribution in [3.05, 3.63) is 36.0 Å². The van der Waals surface area contributed by atoms with Gasteiger partial charge in [-0.15, -0.1) is 0 Å². The van der Waals surface area contributed by atoms with Gasteiger partial charge in [0.2, 0.25) is 5.82 Å². The lowest BCUT2D eigenvalue weighted by Gasteiger charge is -2.38. The third-order valence-electron chi connectivity index (χ3n) is 5.77. The van der Waals surface area contributed by atoms with Crippen molar-refractivity contribution in [1.29, 1.82) is 5.26 Å². The Hall–Kier alpha value is -2.70. The molecule has 9 heteroatoms. The quantitative estimate of drug-likeness (QED) is 0.471. The van der Waals surface area contributed by atoms with Crippen molar-refractivity contribution >= 4 is 25.5 Å². The van der Waals surface area contributed by atoms with E-state index < -0.39 is 8.07 Å². The molecule has 0 atom stereocenters. The average molecular weight is 455 g/mol. The maximum Gasteiger partial charge on any atom is 0.291 e. The molecule has 2 aromatic rings. The van der Waals surface area contributed by atoms with E-state index in [1.807, 2.05) is 12.1 Å². The van der Waals surface area contributed by atoms with Gasteiger partial charge in [-0.05, 0) is 36.4 Å². The van der Waals surface area contributed by atoms with E-state index in [1.165, 1.54) is 0 Å². The van der Waals surface area contributed by atoms with E-state index in [0.29, 0.717) is 17.7 Å². The van der Waals surface area contributed by atoms with Gasteiger partial charge in [0.15, 0.2) is 11.5 Å². The predicted molar refractivity (Wildman–Crippen MR) is 128 cm³/mol. The van der Waals surface area contributed by atoms with Crippen molar-refractivity contribution in [3.63, 3.8) is 0 Å². The number of nitrogens with zero attached hydrogens (tertiary/aromatic N) is 5. The van der Waals surface area contributed by atoms with E-state index in [0.717, 1.165) is 37.8 Å². The van der Waals surface area contributed by atoms with Crippen LogP contribution in [0.5, 0.6) is 0 Å². The molecule has 2 aromatic heterocycles. The zero-order chi connectivity index (χ0) is 23.4. The van der Waals surface area contributed by atoms with Crippen molar-refractivity contribution in [1.82, 2.24) is 14.5 Å². The summed E-state index contributed by atoms with van der Waals surface area (Å²) in [5.41, 5.74) is 1.15. The number of carbonyl (C=O) groups is 1. The van der Waals surface area contributed by atoms with Crippen LogP contribution in [0.3, 0.4) is 0 Å². The summed E-state index contributed by atoms with van der Waals surface area (Å²) in [4.78, 5) is 24.0. The van der Waals surface area contributed by atoms with Gasteiger partial charge in [-0.2, -0.15) is 5.26 Å². The van der Waals surface area contributed by atoms with Crippen LogP contribution >= 0.6 is 0 Å². The summed E-state index contributed by atoms with van der Waals surface area (Å²) < 4.78 is 7.38. The molecule has 8 nitrogen and oxygen atoms in total. The number of hydrogen-bond acceptors (Lipinski definition) is 6. The monoisotopic (exact) mass is 454 g/mol. The Bertz CT molecular complexity index is 979. The first-order valence-electron chi connectivity index (χ1n) is 11.1. The van der Waals surface area contributed by atoms with Gasteiger partial charge in [-0.1, -0.05) is 33.5 Å². The van der Waals surface area contributed by atoms with Crippen molar-refractivity contribution < 1.29 is 9.53 Å². The maximum absolute atomic E-state index is 13.1. The van der Waals surface area contributed by atoms with E-state index >= 15 is 0 Å². The second-order valence-corrected chi connectivity index (χ2v) is 16.0. The fourth-order valence-corrected chi connectivity index (χ4v) is 4.30. The van der Waals surface area contributed by atoms with Crippen LogP contribution in [0.15, 0.2) is 24.5 Å². The van der Waals surface area contributed by atoms with Gasteiger partial charge in [0.1, 0.15) is 12.8 Å². The molecule has 0 spiro atoms. The first kappa shape index (κ1) is 23.9. The van der Waals surface area contributed by atoms with E-state index in [9.17, 15) is 10.1 Å². The second kappa shape index (κ2) is 9.84. The molecular formula is C23H34N6O2Si. The average Bonchev–Trinajstić information content (AvgIpc) is 3.15. The van der Waals surface area contributed by atoms with Gasteiger partial charge in [0.05, 0.1) is 5.69 Å². The SMILES string of the molecule is CC1(C)CCN(c2ncccc2NC(=O)c2nc(C#N)cn2COCC[Si](C)(C)C)CC1. The molecule has 3 rings (SSSR count). The highest BCUT2D eigenvalue weighted by molar-refractivity contribution is 6.76. The molecule has 1 amide bonds. The molecule has 0 bridgehead atoms. The highest BCUT2D eigenvalue weighted by Gasteiger charge is 2.27. The molecule has 0 unspecified atom stereocenters. The largest absolute Gasteiger partial charge is 0.361 e. The maximum atomic E-state index is 13.1. The molecule has 172 valence electrons. The molecule has 0 aliphatic carbocycles. The third-order valence-corrected chi connectivity index (χ3v) is 7.48. The number of nitrogens with one attached hydrogen (secondary N) is 1. The summed E-state index contributed by atoms with van der Waals surface area (Å²) >= 11 is 0. The van der Waals surface area contributed by atoms with Gasteiger partial charge in [0.25, 0.3) is 5.91 Å². The molecule has 32 heavy (non-hydrogen) atoms. The van der Waals surface area contributed by atoms with Crippen molar-refractivity contribution in [2.45, 2.75) is 59.1 Å². The Labute approximate surface area is 191 Å². The Morgan fingerprint density at radius 1 is 1.31 bits per heavy atom. The van der Waals surface area contributed by atoms with Gasteiger partial charge in [-0.25, -0.2) is 9.97 Å². The summed E-state index contributed by atoms with van der Waals surface area (Å²) in [5.74, 6) is 0.539. The molecule has 1 aliphatic rings. The van der Waals surface area contributed by atoms with Crippen LogP contribution in [0.2, 0.25) is 25.7 Å². The van der Waals surface area contributed by atoms with Gasteiger partial charge >= 0.3 is 0 Å².